The number of unbranched alkanes of at least 4 members (excludes halogenated alkanes) is 2. The van der Waals surface area contributed by atoms with E-state index in [9.17, 15) is 4.79 Å². The van der Waals surface area contributed by atoms with Gasteiger partial charge in [0.25, 0.3) is 0 Å². The van der Waals surface area contributed by atoms with Crippen LogP contribution in [0.3, 0.4) is 0 Å². The van der Waals surface area contributed by atoms with E-state index in [2.05, 4.69) is 12.2 Å². The van der Waals surface area contributed by atoms with Crippen molar-refractivity contribution in [1.82, 2.24) is 5.32 Å². The van der Waals surface area contributed by atoms with Crippen molar-refractivity contribution in [2.24, 2.45) is 0 Å². The molecule has 2 aromatic carbocycles. The van der Waals surface area contributed by atoms with Gasteiger partial charge < -0.3 is 5.32 Å². The van der Waals surface area contributed by atoms with Crippen LogP contribution in [0.4, 0.5) is 0 Å². The molecule has 2 rings (SSSR count). The number of nitrogens with one attached hydrogen (secondary N) is 1. The summed E-state index contributed by atoms with van der Waals surface area (Å²) in [5.41, 5.74) is 1.87. The Kier molecular flexibility index (Phi) is 7.31. The molecule has 0 aliphatic heterocycles. The van der Waals surface area contributed by atoms with E-state index in [1.807, 2.05) is 54.6 Å². The van der Waals surface area contributed by atoms with Crippen molar-refractivity contribution in [1.29, 1.82) is 0 Å². The number of carbonyl (C=O) groups is 1. The molecule has 0 fully saturated rings. The van der Waals surface area contributed by atoms with Crippen LogP contribution in [0.25, 0.3) is 0 Å². The van der Waals surface area contributed by atoms with Crippen LogP contribution in [-0.2, 0) is 0 Å². The Balaban J connectivity index is 2.06. The van der Waals surface area contributed by atoms with Crippen molar-refractivity contribution >= 4 is 17.4 Å². The summed E-state index contributed by atoms with van der Waals surface area (Å²) < 4.78 is 0. The molecule has 122 valence electrons. The van der Waals surface area contributed by atoms with Crippen molar-refractivity contribution in [2.45, 2.75) is 38.6 Å². The Morgan fingerprint density at radius 1 is 1.04 bits per heavy atom. The minimum absolute atomic E-state index is 0.0248. The number of Topliss-reactive ketones (excluding diaryl/α,β-unsaturated/α-hetero) is 1. The summed E-state index contributed by atoms with van der Waals surface area (Å²) in [7, 11) is 0. The topological polar surface area (TPSA) is 29.1 Å². The number of halogens is 1. The smallest absolute Gasteiger partial charge is 0.164 e. The van der Waals surface area contributed by atoms with Crippen LogP contribution in [-0.4, -0.2) is 12.3 Å². The summed E-state index contributed by atoms with van der Waals surface area (Å²) in [6.45, 7) is 3.11. The number of hydrogen-bond acceptors (Lipinski definition) is 2. The summed E-state index contributed by atoms with van der Waals surface area (Å²) in [4.78, 5) is 12.5. The second-order valence-corrected chi connectivity index (χ2v) is 6.20. The first-order valence-corrected chi connectivity index (χ1v) is 8.65. The van der Waals surface area contributed by atoms with Crippen LogP contribution in [0, 0.1) is 0 Å². The molecule has 0 heterocycles. The SMILES string of the molecule is CCCCCNC(CC(=O)c1ccccc1)c1ccc(Cl)cc1. The lowest BCUT2D eigenvalue weighted by atomic mass is 9.97. The van der Waals surface area contributed by atoms with Gasteiger partial charge in [-0.25, -0.2) is 0 Å². The van der Waals surface area contributed by atoms with Gasteiger partial charge in [0.1, 0.15) is 0 Å². The maximum atomic E-state index is 12.5. The quantitative estimate of drug-likeness (QED) is 0.490. The van der Waals surface area contributed by atoms with Gasteiger partial charge in [0, 0.05) is 23.0 Å². The molecule has 2 nitrogen and oxygen atoms in total. The Labute approximate surface area is 143 Å². The standard InChI is InChI=1S/C20H24ClNO/c1-2-3-7-14-22-19(16-10-12-18(21)13-11-16)15-20(23)17-8-5-4-6-9-17/h4-6,8-13,19,22H,2-3,7,14-15H2,1H3. The fraction of sp³-hybridized carbons (Fsp3) is 0.350. The van der Waals surface area contributed by atoms with Gasteiger partial charge in [-0.05, 0) is 30.7 Å². The van der Waals surface area contributed by atoms with Gasteiger partial charge in [0.15, 0.2) is 5.78 Å². The Morgan fingerprint density at radius 2 is 1.74 bits per heavy atom. The van der Waals surface area contributed by atoms with Gasteiger partial charge >= 0.3 is 0 Å². The molecule has 0 amide bonds. The second-order valence-electron chi connectivity index (χ2n) is 5.76. The highest BCUT2D eigenvalue weighted by molar-refractivity contribution is 6.30. The van der Waals surface area contributed by atoms with Crippen LogP contribution >= 0.6 is 11.6 Å². The molecule has 0 spiro atoms. The van der Waals surface area contributed by atoms with Gasteiger partial charge in [-0.15, -0.1) is 0 Å². The Bertz CT molecular complexity index is 595. The molecule has 2 aromatic rings. The van der Waals surface area contributed by atoms with Gasteiger partial charge in [-0.1, -0.05) is 73.8 Å². The number of rotatable bonds is 9. The average molecular weight is 330 g/mol. The van der Waals surface area contributed by atoms with Crippen LogP contribution in [0.15, 0.2) is 54.6 Å². The highest BCUT2D eigenvalue weighted by Crippen LogP contribution is 2.21. The third-order valence-corrected chi connectivity index (χ3v) is 4.18. The molecular formula is C20H24ClNO. The molecule has 3 heteroatoms. The van der Waals surface area contributed by atoms with Crippen molar-refractivity contribution in [3.05, 3.63) is 70.7 Å². The molecule has 0 aliphatic carbocycles. The third-order valence-electron chi connectivity index (χ3n) is 3.93. The van der Waals surface area contributed by atoms with Gasteiger partial charge in [0.2, 0.25) is 0 Å². The van der Waals surface area contributed by atoms with Crippen molar-refractivity contribution < 1.29 is 4.79 Å². The number of hydrogen-bond donors (Lipinski definition) is 1. The first kappa shape index (κ1) is 17.7. The Morgan fingerprint density at radius 3 is 2.39 bits per heavy atom. The molecule has 0 saturated carbocycles. The third kappa shape index (κ3) is 5.81. The van der Waals surface area contributed by atoms with E-state index < -0.39 is 0 Å². The van der Waals surface area contributed by atoms with Crippen LogP contribution in [0.2, 0.25) is 5.02 Å². The van der Waals surface area contributed by atoms with E-state index in [1.165, 1.54) is 12.8 Å². The summed E-state index contributed by atoms with van der Waals surface area (Å²) >= 11 is 5.98. The number of benzene rings is 2. The van der Waals surface area contributed by atoms with E-state index in [0.717, 1.165) is 24.1 Å². The lowest BCUT2D eigenvalue weighted by Crippen LogP contribution is -2.25. The van der Waals surface area contributed by atoms with Gasteiger partial charge in [-0.2, -0.15) is 0 Å². The molecular weight excluding hydrogens is 306 g/mol. The van der Waals surface area contributed by atoms with Crippen LogP contribution in [0.5, 0.6) is 0 Å². The molecule has 0 bridgehead atoms. The maximum Gasteiger partial charge on any atom is 0.164 e. The van der Waals surface area contributed by atoms with E-state index in [4.69, 9.17) is 11.6 Å². The number of ketones is 1. The zero-order chi connectivity index (χ0) is 16.5. The molecule has 0 saturated heterocycles. The van der Waals surface area contributed by atoms with Crippen LogP contribution < -0.4 is 5.32 Å². The van der Waals surface area contributed by atoms with Crippen molar-refractivity contribution in [2.75, 3.05) is 6.54 Å². The highest BCUT2D eigenvalue weighted by Gasteiger charge is 2.16. The number of carbonyl (C=O) groups excluding carboxylic acids is 1. The van der Waals surface area contributed by atoms with Gasteiger partial charge in [0.05, 0.1) is 0 Å². The molecule has 1 N–H and O–H groups in total. The Hall–Kier alpha value is -1.64. The zero-order valence-corrected chi connectivity index (χ0v) is 14.4. The highest BCUT2D eigenvalue weighted by atomic mass is 35.5. The monoisotopic (exact) mass is 329 g/mol. The minimum Gasteiger partial charge on any atom is -0.310 e. The average Bonchev–Trinajstić information content (AvgIpc) is 2.59. The lowest BCUT2D eigenvalue weighted by molar-refractivity contribution is 0.0968. The predicted molar refractivity (Wildman–Crippen MR) is 97.1 cm³/mol. The minimum atomic E-state index is 0.0248. The predicted octanol–water partition coefficient (Wildman–Crippen LogP) is 5.43. The molecule has 0 radical (unpaired) electrons. The van der Waals surface area contributed by atoms with E-state index in [0.29, 0.717) is 11.4 Å². The second kappa shape index (κ2) is 9.49. The van der Waals surface area contributed by atoms with Gasteiger partial charge in [-0.3, -0.25) is 4.79 Å². The fourth-order valence-electron chi connectivity index (χ4n) is 2.58. The largest absolute Gasteiger partial charge is 0.310 e. The molecule has 0 aromatic heterocycles. The summed E-state index contributed by atoms with van der Waals surface area (Å²) in [5, 5.41) is 4.24. The van der Waals surface area contributed by atoms with Crippen molar-refractivity contribution in [3.8, 4) is 0 Å². The van der Waals surface area contributed by atoms with Crippen LogP contribution in [0.1, 0.15) is 54.6 Å². The molecule has 1 atom stereocenters. The maximum absolute atomic E-state index is 12.5. The molecule has 23 heavy (non-hydrogen) atoms. The first-order chi connectivity index (χ1) is 11.2. The van der Waals surface area contributed by atoms with Crippen molar-refractivity contribution in [3.63, 3.8) is 0 Å². The molecule has 0 aliphatic rings. The summed E-state index contributed by atoms with van der Waals surface area (Å²) in [5.74, 6) is 0.161. The normalized spacial score (nSPS) is 12.1. The van der Waals surface area contributed by atoms with E-state index in [-0.39, 0.29) is 11.8 Å². The van der Waals surface area contributed by atoms with E-state index >= 15 is 0 Å². The molecule has 1 unspecified atom stereocenters. The zero-order valence-electron chi connectivity index (χ0n) is 13.6. The lowest BCUT2D eigenvalue weighted by Gasteiger charge is -2.19. The van der Waals surface area contributed by atoms with E-state index in [1.54, 1.807) is 0 Å². The first-order valence-electron chi connectivity index (χ1n) is 8.27. The fourth-order valence-corrected chi connectivity index (χ4v) is 2.71. The summed E-state index contributed by atoms with van der Waals surface area (Å²) in [6, 6.07) is 17.3. The summed E-state index contributed by atoms with van der Waals surface area (Å²) in [6.07, 6.45) is 3.97.